The number of piperazine rings is 1. The molecule has 0 spiro atoms. The van der Waals surface area contributed by atoms with Gasteiger partial charge in [-0.3, -0.25) is 4.79 Å². The number of aryl methyl sites for hydroxylation is 2. The van der Waals surface area contributed by atoms with Crippen molar-refractivity contribution in [1.82, 2.24) is 19.4 Å². The summed E-state index contributed by atoms with van der Waals surface area (Å²) in [5, 5.41) is 3.25. The third-order valence-corrected chi connectivity index (χ3v) is 8.38. The number of nitrogens with one attached hydrogen (secondary N) is 1. The lowest BCUT2D eigenvalue weighted by Crippen LogP contribution is -2.47. The number of benzene rings is 1. The first-order chi connectivity index (χ1) is 14.9. The van der Waals surface area contributed by atoms with Crippen LogP contribution in [0.3, 0.4) is 0 Å². The molecule has 1 N–H and O–H groups in total. The summed E-state index contributed by atoms with van der Waals surface area (Å²) in [4.78, 5) is 17.3. The lowest BCUT2D eigenvalue weighted by molar-refractivity contribution is -0.131. The minimum atomic E-state index is -3.65. The number of hydrogen-bond donors (Lipinski definition) is 1. The lowest BCUT2D eigenvalue weighted by Gasteiger charge is -2.30. The first-order valence-electron chi connectivity index (χ1n) is 11.7. The summed E-state index contributed by atoms with van der Waals surface area (Å²) in [6.07, 6.45) is 4.75. The molecule has 3 rings (SSSR count). The quantitative estimate of drug-likeness (QED) is 0.623. The standard InChI is InChI=1S/C23H38N4O3S/c1-20-7-8-21(2)22(19-20)31(29,30)27(15-6-14-25-12-4-3-5-13-25)16-9-23(28)26-17-10-24-11-18-26/h7-8,19,24H,3-6,9-18H2,1-2H3. The van der Waals surface area contributed by atoms with Crippen molar-refractivity contribution in [2.45, 2.75) is 50.8 Å². The Hall–Kier alpha value is -1.48. The second-order valence-corrected chi connectivity index (χ2v) is 10.7. The van der Waals surface area contributed by atoms with Gasteiger partial charge in [-0.2, -0.15) is 4.31 Å². The van der Waals surface area contributed by atoms with Crippen molar-refractivity contribution in [2.75, 3.05) is 58.9 Å². The second-order valence-electron chi connectivity index (χ2n) is 8.81. The minimum Gasteiger partial charge on any atom is -0.340 e. The number of carbonyl (C=O) groups is 1. The van der Waals surface area contributed by atoms with Crippen molar-refractivity contribution in [3.63, 3.8) is 0 Å². The zero-order valence-electron chi connectivity index (χ0n) is 19.1. The smallest absolute Gasteiger partial charge is 0.243 e. The number of likely N-dealkylation sites (tertiary alicyclic amines) is 1. The fourth-order valence-electron chi connectivity index (χ4n) is 4.42. The van der Waals surface area contributed by atoms with Crippen LogP contribution >= 0.6 is 0 Å². The van der Waals surface area contributed by atoms with Gasteiger partial charge in [-0.25, -0.2) is 8.42 Å². The molecule has 0 aromatic heterocycles. The predicted molar refractivity (Wildman–Crippen MR) is 124 cm³/mol. The molecular weight excluding hydrogens is 412 g/mol. The zero-order valence-corrected chi connectivity index (χ0v) is 19.9. The van der Waals surface area contributed by atoms with Crippen molar-refractivity contribution in [3.05, 3.63) is 29.3 Å². The fourth-order valence-corrected chi connectivity index (χ4v) is 6.21. The Morgan fingerprint density at radius 2 is 1.74 bits per heavy atom. The molecule has 1 aromatic carbocycles. The van der Waals surface area contributed by atoms with Crippen molar-refractivity contribution in [2.24, 2.45) is 0 Å². The Kier molecular flexibility index (Phi) is 8.89. The number of amides is 1. The summed E-state index contributed by atoms with van der Waals surface area (Å²) < 4.78 is 28.6. The highest BCUT2D eigenvalue weighted by Gasteiger charge is 2.28. The van der Waals surface area contributed by atoms with Crippen LogP contribution in [0.4, 0.5) is 0 Å². The Morgan fingerprint density at radius 1 is 1.03 bits per heavy atom. The Labute approximate surface area is 187 Å². The van der Waals surface area contributed by atoms with Crippen LogP contribution in [-0.2, 0) is 14.8 Å². The first-order valence-corrected chi connectivity index (χ1v) is 13.1. The molecule has 1 amide bonds. The summed E-state index contributed by atoms with van der Waals surface area (Å²) in [5.41, 5.74) is 1.68. The molecule has 2 aliphatic heterocycles. The maximum atomic E-state index is 13.6. The lowest BCUT2D eigenvalue weighted by atomic mass is 10.1. The molecule has 2 heterocycles. The molecule has 2 aliphatic rings. The van der Waals surface area contributed by atoms with Crippen LogP contribution in [-0.4, -0.2) is 87.3 Å². The van der Waals surface area contributed by atoms with Gasteiger partial charge in [-0.15, -0.1) is 0 Å². The molecule has 1 aromatic rings. The van der Waals surface area contributed by atoms with E-state index >= 15 is 0 Å². The molecular formula is C23H38N4O3S. The van der Waals surface area contributed by atoms with Crippen LogP contribution in [0.1, 0.15) is 43.2 Å². The van der Waals surface area contributed by atoms with E-state index in [9.17, 15) is 13.2 Å². The molecule has 2 fully saturated rings. The average Bonchev–Trinajstić information content (AvgIpc) is 2.78. The molecule has 0 bridgehead atoms. The molecule has 174 valence electrons. The topological polar surface area (TPSA) is 73.0 Å². The monoisotopic (exact) mass is 450 g/mol. The van der Waals surface area contributed by atoms with E-state index in [1.165, 1.54) is 19.3 Å². The zero-order chi connectivity index (χ0) is 22.3. The van der Waals surface area contributed by atoms with Crippen LogP contribution in [0.2, 0.25) is 0 Å². The number of hydrogen-bond acceptors (Lipinski definition) is 5. The van der Waals surface area contributed by atoms with Gasteiger partial charge in [0.1, 0.15) is 0 Å². The Bertz CT molecular complexity index is 831. The maximum absolute atomic E-state index is 13.6. The van der Waals surface area contributed by atoms with Crippen molar-refractivity contribution < 1.29 is 13.2 Å². The first kappa shape index (κ1) is 24.2. The van der Waals surface area contributed by atoms with Crippen LogP contribution in [0.25, 0.3) is 0 Å². The van der Waals surface area contributed by atoms with Gasteiger partial charge in [0.05, 0.1) is 4.90 Å². The third kappa shape index (κ3) is 6.75. The van der Waals surface area contributed by atoms with Crippen molar-refractivity contribution in [1.29, 1.82) is 0 Å². The van der Waals surface area contributed by atoms with E-state index in [-0.39, 0.29) is 18.9 Å². The molecule has 8 heteroatoms. The Morgan fingerprint density at radius 3 is 2.45 bits per heavy atom. The number of piperidine rings is 1. The summed E-state index contributed by atoms with van der Waals surface area (Å²) in [6, 6.07) is 5.55. The predicted octanol–water partition coefficient (Wildman–Crippen LogP) is 1.99. The van der Waals surface area contributed by atoms with Gasteiger partial charge >= 0.3 is 0 Å². The van der Waals surface area contributed by atoms with Gasteiger partial charge in [-0.1, -0.05) is 18.6 Å². The van der Waals surface area contributed by atoms with Crippen LogP contribution < -0.4 is 5.32 Å². The fraction of sp³-hybridized carbons (Fsp3) is 0.696. The van der Waals surface area contributed by atoms with Crippen molar-refractivity contribution in [3.8, 4) is 0 Å². The molecule has 0 aliphatic carbocycles. The van der Waals surface area contributed by atoms with Gasteiger partial charge in [0.2, 0.25) is 15.9 Å². The molecule has 7 nitrogen and oxygen atoms in total. The van der Waals surface area contributed by atoms with E-state index in [2.05, 4.69) is 10.2 Å². The highest BCUT2D eigenvalue weighted by molar-refractivity contribution is 7.89. The van der Waals surface area contributed by atoms with E-state index in [0.717, 1.165) is 50.3 Å². The molecule has 0 radical (unpaired) electrons. The maximum Gasteiger partial charge on any atom is 0.243 e. The summed E-state index contributed by atoms with van der Waals surface area (Å²) in [5.74, 6) is 0.0405. The Balaban J connectivity index is 1.69. The molecule has 0 atom stereocenters. The number of nitrogens with zero attached hydrogens (tertiary/aromatic N) is 3. The summed E-state index contributed by atoms with van der Waals surface area (Å²) >= 11 is 0. The molecule has 0 unspecified atom stereocenters. The van der Waals surface area contributed by atoms with Gasteiger partial charge in [0.15, 0.2) is 0 Å². The van der Waals surface area contributed by atoms with Crippen LogP contribution in [0, 0.1) is 13.8 Å². The number of sulfonamides is 1. The molecule has 2 saturated heterocycles. The minimum absolute atomic E-state index is 0.0405. The highest BCUT2D eigenvalue weighted by Crippen LogP contribution is 2.22. The van der Waals surface area contributed by atoms with Gasteiger partial charge < -0.3 is 15.1 Å². The van der Waals surface area contributed by atoms with E-state index in [1.807, 2.05) is 30.9 Å². The van der Waals surface area contributed by atoms with Crippen molar-refractivity contribution >= 4 is 15.9 Å². The third-order valence-electron chi connectivity index (χ3n) is 6.34. The van der Waals surface area contributed by atoms with Crippen LogP contribution in [0.15, 0.2) is 23.1 Å². The van der Waals surface area contributed by atoms with Gasteiger partial charge in [0.25, 0.3) is 0 Å². The van der Waals surface area contributed by atoms with E-state index in [0.29, 0.717) is 24.5 Å². The van der Waals surface area contributed by atoms with Crippen LogP contribution in [0.5, 0.6) is 0 Å². The second kappa shape index (κ2) is 11.4. The molecule has 31 heavy (non-hydrogen) atoms. The molecule has 0 saturated carbocycles. The average molecular weight is 451 g/mol. The summed E-state index contributed by atoms with van der Waals surface area (Å²) in [7, 11) is -3.65. The number of rotatable bonds is 9. The summed E-state index contributed by atoms with van der Waals surface area (Å²) in [6.45, 7) is 10.5. The highest BCUT2D eigenvalue weighted by atomic mass is 32.2. The van der Waals surface area contributed by atoms with Gasteiger partial charge in [-0.05, 0) is 69.9 Å². The van der Waals surface area contributed by atoms with Gasteiger partial charge in [0, 0.05) is 45.7 Å². The van der Waals surface area contributed by atoms with E-state index in [1.54, 1.807) is 10.4 Å². The SMILES string of the molecule is Cc1ccc(C)c(S(=O)(=O)N(CCCN2CCCCC2)CCC(=O)N2CCNCC2)c1. The van der Waals surface area contributed by atoms with E-state index < -0.39 is 10.0 Å². The normalized spacial score (nSPS) is 18.5. The van der Waals surface area contributed by atoms with E-state index in [4.69, 9.17) is 0 Å². The largest absolute Gasteiger partial charge is 0.340 e. The number of carbonyl (C=O) groups excluding carboxylic acids is 1.